The zero-order valence-electron chi connectivity index (χ0n) is 11.3. The third-order valence-corrected chi connectivity index (χ3v) is 3.26. The van der Waals surface area contributed by atoms with Crippen molar-refractivity contribution in [2.75, 3.05) is 32.8 Å². The van der Waals surface area contributed by atoms with Crippen LogP contribution in [-0.2, 0) is 17.8 Å². The summed E-state index contributed by atoms with van der Waals surface area (Å²) in [7, 11) is 0. The molecule has 0 aliphatic carbocycles. The van der Waals surface area contributed by atoms with E-state index in [-0.39, 0.29) is 0 Å². The van der Waals surface area contributed by atoms with Crippen LogP contribution < -0.4 is 5.32 Å². The number of hydrogen-bond donors (Lipinski definition) is 1. The quantitative estimate of drug-likeness (QED) is 0.786. The van der Waals surface area contributed by atoms with Gasteiger partial charge in [0.1, 0.15) is 5.76 Å². The molecule has 2 heterocycles. The first-order valence-corrected chi connectivity index (χ1v) is 6.96. The minimum Gasteiger partial charge on any atom is -0.468 e. The molecule has 1 aliphatic heterocycles. The Morgan fingerprint density at radius 2 is 2.28 bits per heavy atom. The van der Waals surface area contributed by atoms with Crippen LogP contribution >= 0.6 is 0 Å². The number of hydrogen-bond acceptors (Lipinski definition) is 4. The summed E-state index contributed by atoms with van der Waals surface area (Å²) in [5, 5.41) is 3.39. The van der Waals surface area contributed by atoms with Crippen LogP contribution in [0.4, 0.5) is 0 Å². The first-order chi connectivity index (χ1) is 8.90. The normalized spacial score (nSPS) is 17.8. The predicted octanol–water partition coefficient (Wildman–Crippen LogP) is 2.00. The summed E-state index contributed by atoms with van der Waals surface area (Å²) in [5.74, 6) is 1.08. The Labute approximate surface area is 109 Å². The van der Waals surface area contributed by atoms with Crippen LogP contribution in [-0.4, -0.2) is 37.7 Å². The van der Waals surface area contributed by atoms with Crippen molar-refractivity contribution in [1.29, 1.82) is 0 Å². The molecule has 1 fully saturated rings. The molecule has 1 aromatic rings. The lowest BCUT2D eigenvalue weighted by Crippen LogP contribution is -2.26. The highest BCUT2D eigenvalue weighted by molar-refractivity contribution is 5.16. The molecule has 0 spiro atoms. The predicted molar refractivity (Wildman–Crippen MR) is 71.4 cm³/mol. The van der Waals surface area contributed by atoms with E-state index in [1.807, 2.05) is 0 Å². The van der Waals surface area contributed by atoms with Gasteiger partial charge < -0.3 is 14.5 Å². The van der Waals surface area contributed by atoms with Crippen molar-refractivity contribution in [3.05, 3.63) is 23.7 Å². The summed E-state index contributed by atoms with van der Waals surface area (Å²) in [6.45, 7) is 8.91. The molecule has 1 saturated heterocycles. The van der Waals surface area contributed by atoms with Crippen LogP contribution in [0, 0.1) is 0 Å². The van der Waals surface area contributed by atoms with Gasteiger partial charge in [0, 0.05) is 31.8 Å². The molecule has 1 N–H and O–H groups in total. The van der Waals surface area contributed by atoms with E-state index in [0.29, 0.717) is 0 Å². The van der Waals surface area contributed by atoms with E-state index in [9.17, 15) is 0 Å². The Bertz CT molecular complexity index is 330. The van der Waals surface area contributed by atoms with E-state index in [2.05, 4.69) is 23.2 Å². The molecule has 4 heteroatoms. The fourth-order valence-corrected chi connectivity index (χ4v) is 2.24. The topological polar surface area (TPSA) is 37.6 Å². The van der Waals surface area contributed by atoms with Gasteiger partial charge in [-0.05, 0) is 25.5 Å². The van der Waals surface area contributed by atoms with Gasteiger partial charge in [0.25, 0.3) is 0 Å². The fourth-order valence-electron chi connectivity index (χ4n) is 2.24. The second-order valence-electron chi connectivity index (χ2n) is 4.79. The molecular weight excluding hydrogens is 228 g/mol. The van der Waals surface area contributed by atoms with Crippen LogP contribution in [0.5, 0.6) is 0 Å². The number of furan rings is 1. The summed E-state index contributed by atoms with van der Waals surface area (Å²) in [4.78, 5) is 2.45. The Morgan fingerprint density at radius 1 is 1.33 bits per heavy atom. The van der Waals surface area contributed by atoms with Gasteiger partial charge in [0.15, 0.2) is 0 Å². The van der Waals surface area contributed by atoms with Gasteiger partial charge >= 0.3 is 0 Å². The zero-order chi connectivity index (χ0) is 12.6. The first kappa shape index (κ1) is 13.6. The molecular formula is C14H24N2O2. The highest BCUT2D eigenvalue weighted by Gasteiger charge is 2.13. The summed E-state index contributed by atoms with van der Waals surface area (Å²) in [6.07, 6.45) is 4.08. The smallest absolute Gasteiger partial charge is 0.122 e. The van der Waals surface area contributed by atoms with Crippen LogP contribution in [0.3, 0.4) is 0 Å². The average molecular weight is 252 g/mol. The van der Waals surface area contributed by atoms with Crippen molar-refractivity contribution < 1.29 is 9.15 Å². The fraction of sp³-hybridized carbons (Fsp3) is 0.714. The molecule has 0 bridgehead atoms. The average Bonchev–Trinajstić information content (AvgIpc) is 2.65. The molecule has 0 unspecified atom stereocenters. The standard InChI is InChI=1S/C14H24N2O2/c1-2-5-15-11-14-13(4-9-18-14)12-16-6-3-8-17-10-7-16/h4,9,15H,2-3,5-8,10-12H2,1H3. The molecule has 0 amide bonds. The Hall–Kier alpha value is -0.840. The third kappa shape index (κ3) is 4.12. The number of nitrogens with one attached hydrogen (secondary N) is 1. The van der Waals surface area contributed by atoms with Crippen LogP contribution in [0.25, 0.3) is 0 Å². The minimum atomic E-state index is 0.834. The van der Waals surface area contributed by atoms with E-state index in [4.69, 9.17) is 9.15 Å². The van der Waals surface area contributed by atoms with Crippen LogP contribution in [0.2, 0.25) is 0 Å². The SMILES string of the molecule is CCCNCc1occc1CN1CCCOCC1. The van der Waals surface area contributed by atoms with Gasteiger partial charge in [-0.15, -0.1) is 0 Å². The maximum Gasteiger partial charge on any atom is 0.122 e. The second kappa shape index (κ2) is 7.56. The van der Waals surface area contributed by atoms with Crippen molar-refractivity contribution >= 4 is 0 Å². The van der Waals surface area contributed by atoms with Crippen molar-refractivity contribution in [3.8, 4) is 0 Å². The monoisotopic (exact) mass is 252 g/mol. The molecule has 1 aromatic heterocycles. The summed E-state index contributed by atoms with van der Waals surface area (Å²) < 4.78 is 11.0. The van der Waals surface area contributed by atoms with E-state index in [0.717, 1.165) is 64.5 Å². The van der Waals surface area contributed by atoms with Gasteiger partial charge in [-0.25, -0.2) is 0 Å². The molecule has 0 radical (unpaired) electrons. The molecule has 2 rings (SSSR count). The highest BCUT2D eigenvalue weighted by Crippen LogP contribution is 2.14. The Kier molecular flexibility index (Phi) is 5.71. The number of nitrogens with zero attached hydrogens (tertiary/aromatic N) is 1. The highest BCUT2D eigenvalue weighted by atomic mass is 16.5. The van der Waals surface area contributed by atoms with Gasteiger partial charge in [-0.1, -0.05) is 6.92 Å². The summed E-state index contributed by atoms with van der Waals surface area (Å²) in [5.41, 5.74) is 1.31. The molecule has 0 saturated carbocycles. The van der Waals surface area contributed by atoms with Gasteiger partial charge in [-0.3, -0.25) is 4.90 Å². The zero-order valence-corrected chi connectivity index (χ0v) is 11.3. The van der Waals surface area contributed by atoms with Crippen LogP contribution in [0.1, 0.15) is 31.1 Å². The van der Waals surface area contributed by atoms with Crippen LogP contribution in [0.15, 0.2) is 16.7 Å². The van der Waals surface area contributed by atoms with Gasteiger partial charge in [0.2, 0.25) is 0 Å². The molecule has 18 heavy (non-hydrogen) atoms. The van der Waals surface area contributed by atoms with E-state index < -0.39 is 0 Å². The van der Waals surface area contributed by atoms with E-state index in [1.165, 1.54) is 5.56 Å². The lowest BCUT2D eigenvalue weighted by atomic mass is 10.2. The van der Waals surface area contributed by atoms with E-state index in [1.54, 1.807) is 6.26 Å². The Morgan fingerprint density at radius 3 is 3.17 bits per heavy atom. The summed E-state index contributed by atoms with van der Waals surface area (Å²) >= 11 is 0. The lowest BCUT2D eigenvalue weighted by Gasteiger charge is -2.18. The molecule has 0 aromatic carbocycles. The van der Waals surface area contributed by atoms with Crippen molar-refractivity contribution in [2.45, 2.75) is 32.9 Å². The van der Waals surface area contributed by atoms with Gasteiger partial charge in [-0.2, -0.15) is 0 Å². The lowest BCUT2D eigenvalue weighted by molar-refractivity contribution is 0.140. The maximum atomic E-state index is 5.56. The van der Waals surface area contributed by atoms with Crippen molar-refractivity contribution in [1.82, 2.24) is 10.2 Å². The molecule has 1 aliphatic rings. The number of rotatable bonds is 6. The molecule has 102 valence electrons. The summed E-state index contributed by atoms with van der Waals surface area (Å²) in [6, 6.07) is 2.09. The maximum absolute atomic E-state index is 5.56. The number of ether oxygens (including phenoxy) is 1. The van der Waals surface area contributed by atoms with Crippen molar-refractivity contribution in [2.24, 2.45) is 0 Å². The first-order valence-electron chi connectivity index (χ1n) is 6.96. The third-order valence-electron chi connectivity index (χ3n) is 3.26. The van der Waals surface area contributed by atoms with E-state index >= 15 is 0 Å². The minimum absolute atomic E-state index is 0.834. The molecule has 0 atom stereocenters. The molecule has 4 nitrogen and oxygen atoms in total. The van der Waals surface area contributed by atoms with Crippen molar-refractivity contribution in [3.63, 3.8) is 0 Å². The second-order valence-corrected chi connectivity index (χ2v) is 4.79. The largest absolute Gasteiger partial charge is 0.468 e. The van der Waals surface area contributed by atoms with Gasteiger partial charge in [0.05, 0.1) is 19.4 Å². The Balaban J connectivity index is 1.85.